The second-order valence-corrected chi connectivity index (χ2v) is 5.84. The van der Waals surface area contributed by atoms with Crippen LogP contribution < -0.4 is 16.0 Å². The second kappa shape index (κ2) is 7.93. The molecule has 0 spiro atoms. The van der Waals surface area contributed by atoms with Crippen molar-refractivity contribution in [2.24, 2.45) is 5.73 Å². The minimum atomic E-state index is -0.291. The predicted molar refractivity (Wildman–Crippen MR) is 88.0 cm³/mol. The molecule has 0 bridgehead atoms. The van der Waals surface area contributed by atoms with E-state index < -0.39 is 0 Å². The zero-order valence-electron chi connectivity index (χ0n) is 12.5. The third-order valence-corrected chi connectivity index (χ3v) is 3.72. The van der Waals surface area contributed by atoms with Crippen LogP contribution in [0, 0.1) is 0 Å². The van der Waals surface area contributed by atoms with Gasteiger partial charge in [0.2, 0.25) is 5.91 Å². The van der Waals surface area contributed by atoms with Crippen molar-refractivity contribution in [3.63, 3.8) is 0 Å². The van der Waals surface area contributed by atoms with Crippen LogP contribution in [0.5, 0.6) is 5.75 Å². The molecule has 1 saturated heterocycles. The molecular formula is C15H21N3O3S. The van der Waals surface area contributed by atoms with Crippen molar-refractivity contribution < 1.29 is 9.53 Å². The number of ether oxygens (including phenoxy) is 1. The quantitative estimate of drug-likeness (QED) is 0.788. The van der Waals surface area contributed by atoms with Crippen LogP contribution in [0.4, 0.5) is 0 Å². The maximum Gasteiger partial charge on any atom is 0.293 e. The molecule has 1 aromatic heterocycles. The first-order valence-electron chi connectivity index (χ1n) is 7.46. The Hall–Kier alpha value is -1.89. The molecule has 1 aromatic rings. The molecule has 0 unspecified atom stereocenters. The molecular weight excluding hydrogens is 302 g/mol. The van der Waals surface area contributed by atoms with Gasteiger partial charge in [-0.25, -0.2) is 0 Å². The van der Waals surface area contributed by atoms with Gasteiger partial charge < -0.3 is 19.9 Å². The van der Waals surface area contributed by atoms with E-state index in [0.29, 0.717) is 0 Å². The highest BCUT2D eigenvalue weighted by molar-refractivity contribution is 7.80. The number of thiocarbonyl (C=S) groups is 1. The lowest BCUT2D eigenvalue weighted by Crippen LogP contribution is -2.36. The van der Waals surface area contributed by atoms with E-state index in [4.69, 9.17) is 22.7 Å². The summed E-state index contributed by atoms with van der Waals surface area (Å²) in [5.74, 6) is 0.296. The van der Waals surface area contributed by atoms with Gasteiger partial charge in [0.25, 0.3) is 5.56 Å². The Bertz CT molecular complexity index is 594. The smallest absolute Gasteiger partial charge is 0.293 e. The van der Waals surface area contributed by atoms with Crippen LogP contribution in [-0.2, 0) is 11.3 Å². The number of pyridine rings is 1. The number of hydrogen-bond acceptors (Lipinski definition) is 4. The van der Waals surface area contributed by atoms with Crippen molar-refractivity contribution in [1.82, 2.24) is 9.47 Å². The van der Waals surface area contributed by atoms with Crippen molar-refractivity contribution in [3.8, 4) is 5.75 Å². The van der Waals surface area contributed by atoms with Crippen molar-refractivity contribution in [1.29, 1.82) is 0 Å². The molecule has 2 heterocycles. The molecule has 0 radical (unpaired) electrons. The first-order valence-corrected chi connectivity index (χ1v) is 7.87. The maximum absolute atomic E-state index is 12.1. The number of rotatable bonds is 6. The van der Waals surface area contributed by atoms with Gasteiger partial charge in [-0.2, -0.15) is 0 Å². The molecule has 0 aromatic carbocycles. The molecule has 1 amide bonds. The van der Waals surface area contributed by atoms with Crippen molar-refractivity contribution in [2.45, 2.75) is 32.2 Å². The maximum atomic E-state index is 12.1. The number of carbonyl (C=O) groups is 1. The average molecular weight is 323 g/mol. The average Bonchev–Trinajstić information content (AvgIpc) is 2.51. The van der Waals surface area contributed by atoms with Crippen molar-refractivity contribution in [3.05, 3.63) is 28.7 Å². The van der Waals surface area contributed by atoms with Crippen LogP contribution in [0.2, 0.25) is 0 Å². The molecule has 0 atom stereocenters. The minimum absolute atomic E-state index is 0.0825. The summed E-state index contributed by atoms with van der Waals surface area (Å²) < 4.78 is 6.85. The number of likely N-dealkylation sites (tertiary alicyclic amines) is 1. The van der Waals surface area contributed by atoms with Crippen LogP contribution in [0.25, 0.3) is 0 Å². The first-order chi connectivity index (χ1) is 10.6. The van der Waals surface area contributed by atoms with Crippen LogP contribution in [0.1, 0.15) is 25.7 Å². The molecule has 22 heavy (non-hydrogen) atoms. The summed E-state index contributed by atoms with van der Waals surface area (Å²) in [5, 5.41) is 0. The summed E-state index contributed by atoms with van der Waals surface area (Å²) >= 11 is 4.80. The minimum Gasteiger partial charge on any atom is -0.487 e. The Labute approximate surface area is 134 Å². The van der Waals surface area contributed by atoms with Crippen LogP contribution in [0.15, 0.2) is 23.1 Å². The molecule has 1 fully saturated rings. The fourth-order valence-corrected chi connectivity index (χ4v) is 2.61. The summed E-state index contributed by atoms with van der Waals surface area (Å²) in [4.78, 5) is 26.2. The number of piperidine rings is 1. The van der Waals surface area contributed by atoms with Gasteiger partial charge in [0.05, 0.1) is 24.6 Å². The van der Waals surface area contributed by atoms with Crippen LogP contribution in [-0.4, -0.2) is 40.1 Å². The van der Waals surface area contributed by atoms with Gasteiger partial charge in [0, 0.05) is 19.3 Å². The molecule has 2 N–H and O–H groups in total. The van der Waals surface area contributed by atoms with E-state index in [1.807, 2.05) is 4.90 Å². The number of nitrogens with zero attached hydrogens (tertiary/aromatic N) is 2. The highest BCUT2D eigenvalue weighted by Gasteiger charge is 2.16. The van der Waals surface area contributed by atoms with Gasteiger partial charge in [0.1, 0.15) is 0 Å². The molecule has 1 aliphatic heterocycles. The fraction of sp³-hybridized carbons (Fsp3) is 0.533. The number of nitrogens with two attached hydrogens (primary N) is 1. The van der Waals surface area contributed by atoms with Crippen LogP contribution in [0.3, 0.4) is 0 Å². The third kappa shape index (κ3) is 4.56. The summed E-state index contributed by atoms with van der Waals surface area (Å²) in [6.45, 7) is 2.02. The number of hydrogen-bond donors (Lipinski definition) is 1. The lowest BCUT2D eigenvalue weighted by molar-refractivity contribution is -0.132. The molecule has 0 saturated carbocycles. The van der Waals surface area contributed by atoms with E-state index in [9.17, 15) is 9.59 Å². The molecule has 6 nitrogen and oxygen atoms in total. The van der Waals surface area contributed by atoms with Gasteiger partial charge in [-0.3, -0.25) is 9.59 Å². The Morgan fingerprint density at radius 2 is 2.05 bits per heavy atom. The summed E-state index contributed by atoms with van der Waals surface area (Å²) in [7, 11) is 0. The summed E-state index contributed by atoms with van der Waals surface area (Å²) in [6.07, 6.45) is 5.20. The lowest BCUT2D eigenvalue weighted by Gasteiger charge is -2.26. The Kier molecular flexibility index (Phi) is 5.94. The number of aromatic nitrogens is 1. The topological polar surface area (TPSA) is 77.6 Å². The molecule has 7 heteroatoms. The van der Waals surface area contributed by atoms with Crippen molar-refractivity contribution >= 4 is 23.1 Å². The van der Waals surface area contributed by atoms with Gasteiger partial charge in [-0.1, -0.05) is 12.2 Å². The van der Waals surface area contributed by atoms with E-state index in [0.717, 1.165) is 25.9 Å². The van der Waals surface area contributed by atoms with E-state index >= 15 is 0 Å². The predicted octanol–water partition coefficient (Wildman–Crippen LogP) is 0.916. The SMILES string of the molecule is NC(=S)Cn1cccc(OCCC(=O)N2CCCCC2)c1=O. The van der Waals surface area contributed by atoms with E-state index in [-0.39, 0.29) is 41.8 Å². The van der Waals surface area contributed by atoms with Crippen molar-refractivity contribution in [2.75, 3.05) is 19.7 Å². The largest absolute Gasteiger partial charge is 0.487 e. The summed E-state index contributed by atoms with van der Waals surface area (Å²) in [5.41, 5.74) is 5.16. The standard InChI is InChI=1S/C15H21N3O3S/c16-13(22)11-18-9-4-5-12(15(18)20)21-10-6-14(19)17-7-2-1-3-8-17/h4-5,9H,1-3,6-8,10-11H2,(H2,16,22). The Morgan fingerprint density at radius 1 is 1.32 bits per heavy atom. The van der Waals surface area contributed by atoms with E-state index in [2.05, 4.69) is 0 Å². The van der Waals surface area contributed by atoms with Gasteiger partial charge in [0.15, 0.2) is 5.75 Å². The van der Waals surface area contributed by atoms with Gasteiger partial charge >= 0.3 is 0 Å². The third-order valence-electron chi connectivity index (χ3n) is 3.59. The van der Waals surface area contributed by atoms with E-state index in [1.165, 1.54) is 11.0 Å². The monoisotopic (exact) mass is 323 g/mol. The van der Waals surface area contributed by atoms with E-state index in [1.54, 1.807) is 18.3 Å². The molecule has 1 aliphatic rings. The number of carbonyl (C=O) groups excluding carboxylic acids is 1. The molecule has 0 aliphatic carbocycles. The van der Waals surface area contributed by atoms with Gasteiger partial charge in [-0.15, -0.1) is 0 Å². The Balaban J connectivity index is 1.87. The molecule has 120 valence electrons. The second-order valence-electron chi connectivity index (χ2n) is 5.31. The zero-order chi connectivity index (χ0) is 15.9. The van der Waals surface area contributed by atoms with Gasteiger partial charge in [-0.05, 0) is 31.4 Å². The first kappa shape index (κ1) is 16.5. The normalized spacial score (nSPS) is 14.6. The molecule has 2 rings (SSSR count). The lowest BCUT2D eigenvalue weighted by atomic mass is 10.1. The fourth-order valence-electron chi connectivity index (χ4n) is 2.47. The Morgan fingerprint density at radius 3 is 2.73 bits per heavy atom. The number of amides is 1. The highest BCUT2D eigenvalue weighted by atomic mass is 32.1. The van der Waals surface area contributed by atoms with Crippen LogP contribution >= 0.6 is 12.2 Å². The summed E-state index contributed by atoms with van der Waals surface area (Å²) in [6, 6.07) is 3.28. The zero-order valence-corrected chi connectivity index (χ0v) is 13.3. The highest BCUT2D eigenvalue weighted by Crippen LogP contribution is 2.10.